The zero-order valence-corrected chi connectivity index (χ0v) is 7.75. The summed E-state index contributed by atoms with van der Waals surface area (Å²) < 4.78 is 5.73. The summed E-state index contributed by atoms with van der Waals surface area (Å²) >= 11 is 0. The highest BCUT2D eigenvalue weighted by atomic mass is 16.5. The molecule has 0 aromatic heterocycles. The van der Waals surface area contributed by atoms with Crippen LogP contribution in [0.4, 0.5) is 0 Å². The number of fused-ring (bicyclic) bond motifs is 1. The number of hydrogen-bond acceptors (Lipinski definition) is 2. The zero-order chi connectivity index (χ0) is 8.60. The summed E-state index contributed by atoms with van der Waals surface area (Å²) in [5, 5.41) is 8.91. The monoisotopic (exact) mass is 170 g/mol. The van der Waals surface area contributed by atoms with E-state index >= 15 is 0 Å². The van der Waals surface area contributed by atoms with Gasteiger partial charge in [0.05, 0.1) is 12.7 Å². The van der Waals surface area contributed by atoms with Crippen LogP contribution in [0.1, 0.15) is 32.6 Å². The molecule has 2 rings (SSSR count). The van der Waals surface area contributed by atoms with E-state index in [1.54, 1.807) is 0 Å². The van der Waals surface area contributed by atoms with Crippen LogP contribution < -0.4 is 0 Å². The van der Waals surface area contributed by atoms with Gasteiger partial charge in [-0.2, -0.15) is 0 Å². The molecule has 1 aliphatic heterocycles. The van der Waals surface area contributed by atoms with Crippen molar-refractivity contribution in [2.75, 3.05) is 13.2 Å². The molecule has 0 aromatic rings. The third kappa shape index (κ3) is 1.09. The molecule has 0 spiro atoms. The molecule has 2 heteroatoms. The highest BCUT2D eigenvalue weighted by Gasteiger charge is 2.49. The Kier molecular flexibility index (Phi) is 2.13. The Morgan fingerprint density at radius 1 is 1.58 bits per heavy atom. The van der Waals surface area contributed by atoms with E-state index in [1.165, 1.54) is 19.3 Å². The quantitative estimate of drug-likeness (QED) is 0.681. The van der Waals surface area contributed by atoms with Crippen LogP contribution in [0.5, 0.6) is 0 Å². The van der Waals surface area contributed by atoms with Gasteiger partial charge in [0.15, 0.2) is 0 Å². The summed E-state index contributed by atoms with van der Waals surface area (Å²) in [6.07, 6.45) is 5.26. The van der Waals surface area contributed by atoms with Crippen LogP contribution in [0, 0.1) is 11.3 Å². The number of rotatable bonds is 2. The van der Waals surface area contributed by atoms with Gasteiger partial charge in [-0.1, -0.05) is 13.3 Å². The van der Waals surface area contributed by atoms with Crippen molar-refractivity contribution in [2.24, 2.45) is 11.3 Å². The van der Waals surface area contributed by atoms with Crippen LogP contribution >= 0.6 is 0 Å². The van der Waals surface area contributed by atoms with E-state index in [9.17, 15) is 0 Å². The number of ether oxygens (including phenoxy) is 1. The van der Waals surface area contributed by atoms with Crippen LogP contribution in [0.25, 0.3) is 0 Å². The van der Waals surface area contributed by atoms with E-state index in [4.69, 9.17) is 9.84 Å². The summed E-state index contributed by atoms with van der Waals surface area (Å²) in [5.74, 6) is 0.606. The zero-order valence-electron chi connectivity index (χ0n) is 7.75. The molecule has 1 saturated heterocycles. The van der Waals surface area contributed by atoms with Crippen LogP contribution in [0.15, 0.2) is 0 Å². The molecule has 0 unspecified atom stereocenters. The van der Waals surface area contributed by atoms with E-state index in [0.717, 1.165) is 13.0 Å². The van der Waals surface area contributed by atoms with Crippen molar-refractivity contribution in [3.63, 3.8) is 0 Å². The van der Waals surface area contributed by atoms with Gasteiger partial charge in [0, 0.05) is 6.61 Å². The lowest BCUT2D eigenvalue weighted by Crippen LogP contribution is -2.28. The predicted octanol–water partition coefficient (Wildman–Crippen LogP) is 1.57. The van der Waals surface area contributed by atoms with E-state index in [1.807, 2.05) is 0 Å². The lowest BCUT2D eigenvalue weighted by molar-refractivity contribution is 0.0768. The van der Waals surface area contributed by atoms with Gasteiger partial charge >= 0.3 is 0 Å². The first-order valence-electron chi connectivity index (χ1n) is 5.00. The molecule has 1 aliphatic carbocycles. The topological polar surface area (TPSA) is 29.5 Å². The third-order valence-electron chi connectivity index (χ3n) is 3.83. The third-order valence-corrected chi connectivity index (χ3v) is 3.83. The molecule has 70 valence electrons. The molecule has 1 saturated carbocycles. The normalized spacial score (nSPS) is 46.5. The Hall–Kier alpha value is -0.0800. The van der Waals surface area contributed by atoms with Gasteiger partial charge < -0.3 is 9.84 Å². The molecule has 0 amide bonds. The second kappa shape index (κ2) is 3.00. The fraction of sp³-hybridized carbons (Fsp3) is 1.00. The number of hydrogen-bond donors (Lipinski definition) is 1. The van der Waals surface area contributed by atoms with Crippen molar-refractivity contribution in [3.05, 3.63) is 0 Å². The van der Waals surface area contributed by atoms with Gasteiger partial charge in [0.25, 0.3) is 0 Å². The molecule has 0 aromatic carbocycles. The van der Waals surface area contributed by atoms with Gasteiger partial charge in [0.1, 0.15) is 0 Å². The Labute approximate surface area is 73.9 Å². The molecule has 1 N–H and O–H groups in total. The number of aliphatic hydroxyl groups excluding tert-OH is 1. The average Bonchev–Trinajstić information content (AvgIpc) is 2.51. The van der Waals surface area contributed by atoms with Crippen molar-refractivity contribution in [1.82, 2.24) is 0 Å². The Morgan fingerprint density at radius 3 is 3.17 bits per heavy atom. The summed E-state index contributed by atoms with van der Waals surface area (Å²) in [6.45, 7) is 3.52. The molecule has 12 heavy (non-hydrogen) atoms. The number of aliphatic hydroxyl groups is 1. The summed E-state index contributed by atoms with van der Waals surface area (Å²) in [6, 6.07) is 0. The minimum Gasteiger partial charge on any atom is -0.396 e. The van der Waals surface area contributed by atoms with Crippen LogP contribution in [0.2, 0.25) is 0 Å². The summed E-state index contributed by atoms with van der Waals surface area (Å²) in [7, 11) is 0. The van der Waals surface area contributed by atoms with Gasteiger partial charge in [-0.25, -0.2) is 0 Å². The SMILES string of the molecule is C[C@@]12CCC[C@@H]1OC[C@@H]2CCO. The van der Waals surface area contributed by atoms with Crippen molar-refractivity contribution >= 4 is 0 Å². The fourth-order valence-corrected chi connectivity index (χ4v) is 2.89. The van der Waals surface area contributed by atoms with E-state index < -0.39 is 0 Å². The molecule has 1 heterocycles. The summed E-state index contributed by atoms with van der Waals surface area (Å²) in [4.78, 5) is 0. The van der Waals surface area contributed by atoms with Gasteiger partial charge in [-0.05, 0) is 30.6 Å². The molecule has 3 atom stereocenters. The standard InChI is InChI=1S/C10H18O2/c1-10-5-2-3-9(10)12-7-8(10)4-6-11/h8-9,11H,2-7H2,1H3/t8-,9-,10-/m0/s1. The van der Waals surface area contributed by atoms with Crippen molar-refractivity contribution in [3.8, 4) is 0 Å². The molecule has 0 bridgehead atoms. The second-order valence-corrected chi connectivity index (χ2v) is 4.43. The van der Waals surface area contributed by atoms with Crippen LogP contribution in [-0.2, 0) is 4.74 Å². The molecule has 0 radical (unpaired) electrons. The highest BCUT2D eigenvalue weighted by Crippen LogP contribution is 2.51. The minimum absolute atomic E-state index is 0.316. The largest absolute Gasteiger partial charge is 0.396 e. The van der Waals surface area contributed by atoms with Gasteiger partial charge in [0.2, 0.25) is 0 Å². The second-order valence-electron chi connectivity index (χ2n) is 4.43. The molecule has 2 nitrogen and oxygen atoms in total. The van der Waals surface area contributed by atoms with Crippen molar-refractivity contribution < 1.29 is 9.84 Å². The maximum absolute atomic E-state index is 8.91. The first kappa shape index (κ1) is 8.52. The van der Waals surface area contributed by atoms with Crippen molar-refractivity contribution in [2.45, 2.75) is 38.7 Å². The van der Waals surface area contributed by atoms with Gasteiger partial charge in [-0.15, -0.1) is 0 Å². The molecular formula is C10H18O2. The first-order valence-corrected chi connectivity index (χ1v) is 5.00. The van der Waals surface area contributed by atoms with Crippen molar-refractivity contribution in [1.29, 1.82) is 0 Å². The molecule has 2 aliphatic rings. The van der Waals surface area contributed by atoms with E-state index in [-0.39, 0.29) is 0 Å². The summed E-state index contributed by atoms with van der Waals surface area (Å²) in [5.41, 5.74) is 0.392. The average molecular weight is 170 g/mol. The molecule has 2 fully saturated rings. The predicted molar refractivity (Wildman–Crippen MR) is 46.9 cm³/mol. The fourth-order valence-electron chi connectivity index (χ4n) is 2.89. The van der Waals surface area contributed by atoms with E-state index in [0.29, 0.717) is 24.0 Å². The molecular weight excluding hydrogens is 152 g/mol. The minimum atomic E-state index is 0.316. The van der Waals surface area contributed by atoms with Gasteiger partial charge in [-0.3, -0.25) is 0 Å². The lowest BCUT2D eigenvalue weighted by atomic mass is 9.75. The Morgan fingerprint density at radius 2 is 2.42 bits per heavy atom. The smallest absolute Gasteiger partial charge is 0.0632 e. The maximum atomic E-state index is 8.91. The highest BCUT2D eigenvalue weighted by molar-refractivity contribution is 4.98. The first-order chi connectivity index (χ1) is 5.77. The maximum Gasteiger partial charge on any atom is 0.0632 e. The Balaban J connectivity index is 2.07. The van der Waals surface area contributed by atoms with Crippen LogP contribution in [0.3, 0.4) is 0 Å². The lowest BCUT2D eigenvalue weighted by Gasteiger charge is -2.28. The van der Waals surface area contributed by atoms with E-state index in [2.05, 4.69) is 6.92 Å². The Bertz CT molecular complexity index is 167. The van der Waals surface area contributed by atoms with Crippen LogP contribution in [-0.4, -0.2) is 24.4 Å².